The minimum Gasteiger partial charge on any atom is -0.307 e. The summed E-state index contributed by atoms with van der Waals surface area (Å²) in [5.74, 6) is -0.751. The molecule has 0 bridgehead atoms. The summed E-state index contributed by atoms with van der Waals surface area (Å²) in [5, 5.41) is -2.19. The molecule has 0 heterocycles. The van der Waals surface area contributed by atoms with Crippen LogP contribution in [0.3, 0.4) is 0 Å². The third-order valence-electron chi connectivity index (χ3n) is 4.19. The van der Waals surface area contributed by atoms with Gasteiger partial charge in [0.05, 0.1) is 24.0 Å². The van der Waals surface area contributed by atoms with E-state index in [0.29, 0.717) is 12.8 Å². The molecule has 1 aromatic carbocycles. The Morgan fingerprint density at radius 1 is 1.11 bits per heavy atom. The van der Waals surface area contributed by atoms with Crippen molar-refractivity contribution in [3.63, 3.8) is 0 Å². The van der Waals surface area contributed by atoms with E-state index in [9.17, 15) is 17.8 Å². The Morgan fingerprint density at radius 3 is 2.21 bits per heavy atom. The summed E-state index contributed by atoms with van der Waals surface area (Å²) in [5.41, 5.74) is 0.339. The lowest BCUT2D eigenvalue weighted by Crippen LogP contribution is -2.48. The van der Waals surface area contributed by atoms with Gasteiger partial charge in [0.25, 0.3) is 0 Å². The molecule has 0 saturated carbocycles. The van der Waals surface area contributed by atoms with Crippen molar-refractivity contribution >= 4 is 35.0 Å². The molecule has 0 aliphatic heterocycles. The van der Waals surface area contributed by atoms with Crippen molar-refractivity contribution in [2.45, 2.75) is 38.9 Å². The molecule has 1 N–H and O–H groups in total. The molecule has 156 valence electrons. The molecule has 1 aliphatic carbocycles. The van der Waals surface area contributed by atoms with Gasteiger partial charge in [0.2, 0.25) is 15.8 Å². The van der Waals surface area contributed by atoms with E-state index in [1.807, 2.05) is 13.8 Å². The van der Waals surface area contributed by atoms with Crippen LogP contribution in [-0.4, -0.2) is 33.2 Å². The van der Waals surface area contributed by atoms with Gasteiger partial charge in [-0.1, -0.05) is 49.7 Å². The quantitative estimate of drug-likeness (QED) is 0.539. The first-order valence-electron chi connectivity index (χ1n) is 9.09. The number of allylic oxidation sites excluding steroid dienone is 1. The number of ketones is 1. The summed E-state index contributed by atoms with van der Waals surface area (Å²) < 4.78 is 52.9. The smallest absolute Gasteiger partial charge is 0.307 e. The van der Waals surface area contributed by atoms with Gasteiger partial charge in [-0.05, 0) is 25.8 Å². The van der Waals surface area contributed by atoms with Crippen LogP contribution in [0.1, 0.15) is 49.5 Å². The fourth-order valence-electron chi connectivity index (χ4n) is 2.81. The first-order chi connectivity index (χ1) is 13.2. The first-order valence-corrected chi connectivity index (χ1v) is 12.7. The number of carbonyl (C=O) groups excluding carboxylic acids is 1. The summed E-state index contributed by atoms with van der Waals surface area (Å²) in [7, 11) is -8.06. The van der Waals surface area contributed by atoms with Crippen LogP contribution in [0.4, 0.5) is 0 Å². The van der Waals surface area contributed by atoms with Gasteiger partial charge in [0, 0.05) is 11.1 Å². The maximum absolute atomic E-state index is 14.0. The average Bonchev–Trinajstić information content (AvgIpc) is 2.68. The lowest BCUT2D eigenvalue weighted by Gasteiger charge is -2.40. The SMILES string of the molecule is CCCOP(=O)(OCCC)C1(NS(=O)(=O)CC)C=C(Cl)C(=O)c2ccccc21. The zero-order valence-electron chi connectivity index (χ0n) is 16.1. The average molecular weight is 450 g/mol. The fourth-order valence-corrected chi connectivity index (χ4v) is 6.91. The van der Waals surface area contributed by atoms with Crippen LogP contribution < -0.4 is 4.72 Å². The highest BCUT2D eigenvalue weighted by Gasteiger charge is 2.56. The number of hydrogen-bond donors (Lipinski definition) is 1. The summed E-state index contributed by atoms with van der Waals surface area (Å²) >= 11 is 6.17. The molecule has 2 rings (SSSR count). The van der Waals surface area contributed by atoms with Crippen molar-refractivity contribution in [1.29, 1.82) is 0 Å². The number of hydrogen-bond acceptors (Lipinski definition) is 6. The molecule has 1 aromatic rings. The van der Waals surface area contributed by atoms with Gasteiger partial charge in [-0.15, -0.1) is 0 Å². The van der Waals surface area contributed by atoms with Gasteiger partial charge < -0.3 is 9.05 Å². The molecule has 10 heteroatoms. The number of Topliss-reactive ketones (excluding diaryl/α,β-unsaturated/α-hetero) is 1. The number of carbonyl (C=O) groups is 1. The van der Waals surface area contributed by atoms with Gasteiger partial charge >= 0.3 is 7.60 Å². The number of nitrogens with one attached hydrogen (secondary N) is 1. The van der Waals surface area contributed by atoms with E-state index in [4.69, 9.17) is 20.6 Å². The van der Waals surface area contributed by atoms with Crippen LogP contribution in [0.2, 0.25) is 0 Å². The number of benzene rings is 1. The predicted molar refractivity (Wildman–Crippen MR) is 109 cm³/mol. The third-order valence-corrected chi connectivity index (χ3v) is 8.40. The van der Waals surface area contributed by atoms with Gasteiger partial charge in [0.15, 0.2) is 5.28 Å². The molecule has 0 amide bonds. The number of halogens is 1. The van der Waals surface area contributed by atoms with E-state index in [2.05, 4.69) is 4.72 Å². The monoisotopic (exact) mass is 449 g/mol. The van der Waals surface area contributed by atoms with E-state index in [1.165, 1.54) is 19.1 Å². The number of fused-ring (bicyclic) bond motifs is 1. The van der Waals surface area contributed by atoms with Crippen LogP contribution >= 0.6 is 19.2 Å². The molecule has 7 nitrogen and oxygen atoms in total. The summed E-state index contributed by atoms with van der Waals surface area (Å²) in [6.07, 6.45) is 2.22. The molecule has 0 fully saturated rings. The van der Waals surface area contributed by atoms with Crippen LogP contribution in [0, 0.1) is 0 Å². The molecule has 1 aliphatic rings. The molecule has 28 heavy (non-hydrogen) atoms. The second-order valence-corrected chi connectivity index (χ2v) is 10.9. The molecule has 0 aromatic heterocycles. The lowest BCUT2D eigenvalue weighted by atomic mass is 9.92. The lowest BCUT2D eigenvalue weighted by molar-refractivity contribution is 0.103. The first kappa shape index (κ1) is 23.3. The van der Waals surface area contributed by atoms with E-state index in [1.54, 1.807) is 12.1 Å². The minimum atomic E-state index is -4.17. The van der Waals surface area contributed by atoms with Crippen molar-refractivity contribution in [3.05, 3.63) is 46.5 Å². The van der Waals surface area contributed by atoms with Crippen molar-refractivity contribution in [1.82, 2.24) is 4.72 Å². The second kappa shape index (κ2) is 9.20. The van der Waals surface area contributed by atoms with Crippen LogP contribution in [0.5, 0.6) is 0 Å². The van der Waals surface area contributed by atoms with Gasteiger partial charge in [0.1, 0.15) is 0 Å². The van der Waals surface area contributed by atoms with Gasteiger partial charge in [-0.3, -0.25) is 9.36 Å². The predicted octanol–water partition coefficient (Wildman–Crippen LogP) is 4.14. The van der Waals surface area contributed by atoms with Crippen molar-refractivity contribution in [2.24, 2.45) is 0 Å². The molecule has 0 spiro atoms. The van der Waals surface area contributed by atoms with Crippen molar-refractivity contribution in [2.75, 3.05) is 19.0 Å². The summed E-state index contributed by atoms with van der Waals surface area (Å²) in [6, 6.07) is 6.28. The topological polar surface area (TPSA) is 98.8 Å². The standard InChI is InChI=1S/C18H25ClNO6PS/c1-4-11-25-27(22,26-12-5-2)18(20-28(23,24)6-3)13-16(19)17(21)14-9-7-8-10-15(14)18/h7-10,13,20H,4-6,11-12H2,1-3H3. The number of sulfonamides is 1. The van der Waals surface area contributed by atoms with Gasteiger partial charge in [-0.25, -0.2) is 8.42 Å². The zero-order valence-corrected chi connectivity index (χ0v) is 18.6. The van der Waals surface area contributed by atoms with Crippen molar-refractivity contribution < 1.29 is 26.8 Å². The Bertz CT molecular complexity index is 904. The fraction of sp³-hybridized carbons (Fsp3) is 0.500. The molecule has 1 unspecified atom stereocenters. The Kier molecular flexibility index (Phi) is 7.64. The zero-order chi connectivity index (χ0) is 21.0. The Hall–Kier alpha value is -1.02. The molecule has 0 radical (unpaired) electrons. The Balaban J connectivity index is 2.83. The maximum atomic E-state index is 14.0. The van der Waals surface area contributed by atoms with Crippen LogP contribution in [0.25, 0.3) is 0 Å². The van der Waals surface area contributed by atoms with E-state index in [0.717, 1.165) is 6.08 Å². The molecule has 1 atom stereocenters. The highest BCUT2D eigenvalue weighted by atomic mass is 35.5. The molecular formula is C18H25ClNO6PS. The van der Waals surface area contributed by atoms with E-state index < -0.39 is 28.7 Å². The van der Waals surface area contributed by atoms with E-state index >= 15 is 0 Å². The van der Waals surface area contributed by atoms with Crippen LogP contribution in [-0.2, 0) is 28.9 Å². The van der Waals surface area contributed by atoms with Crippen molar-refractivity contribution in [3.8, 4) is 0 Å². The largest absolute Gasteiger partial charge is 0.360 e. The van der Waals surface area contributed by atoms with Crippen LogP contribution in [0.15, 0.2) is 35.4 Å². The molecular weight excluding hydrogens is 425 g/mol. The number of rotatable bonds is 10. The third kappa shape index (κ3) is 4.42. The Labute approximate surface area is 171 Å². The maximum Gasteiger partial charge on any atom is 0.360 e. The van der Waals surface area contributed by atoms with Gasteiger partial charge in [-0.2, -0.15) is 4.72 Å². The highest BCUT2D eigenvalue weighted by Crippen LogP contribution is 2.66. The summed E-state index contributed by atoms with van der Waals surface area (Å²) in [4.78, 5) is 12.5. The van der Waals surface area contributed by atoms with E-state index in [-0.39, 0.29) is 35.1 Å². The summed E-state index contributed by atoms with van der Waals surface area (Å²) in [6.45, 7) is 5.27. The minimum absolute atomic E-state index is 0.0815. The highest BCUT2D eigenvalue weighted by molar-refractivity contribution is 7.89. The second-order valence-electron chi connectivity index (χ2n) is 6.30. The Morgan fingerprint density at radius 2 is 1.68 bits per heavy atom. The normalized spacial score (nSPS) is 20.0. The molecule has 0 saturated heterocycles.